The number of hydrogen-bond donors (Lipinski definition) is 0. The summed E-state index contributed by atoms with van der Waals surface area (Å²) in [6, 6.07) is 10.2. The minimum absolute atomic E-state index is 0.0172. The Morgan fingerprint density at radius 3 is 2.41 bits per heavy atom. The number of hydrogen-bond acceptors (Lipinski definition) is 4. The molecule has 3 rings (SSSR count). The molecule has 5 atom stereocenters. The van der Waals surface area contributed by atoms with Gasteiger partial charge in [-0.2, -0.15) is 0 Å². The normalized spacial score (nSPS) is 30.7. The van der Waals surface area contributed by atoms with Crippen molar-refractivity contribution in [2.24, 2.45) is 0 Å². The largest absolute Gasteiger partial charge is 0.461 e. The molecule has 2 aliphatic heterocycles. The van der Waals surface area contributed by atoms with Crippen LogP contribution in [0.5, 0.6) is 0 Å². The van der Waals surface area contributed by atoms with E-state index in [9.17, 15) is 9.00 Å². The zero-order valence-corrected chi connectivity index (χ0v) is 13.9. The van der Waals surface area contributed by atoms with Crippen LogP contribution in [0.25, 0.3) is 0 Å². The lowest BCUT2D eigenvalue weighted by molar-refractivity contribution is -0.151. The molecule has 0 N–H and O–H groups in total. The first-order valence-electron chi connectivity index (χ1n) is 7.94. The van der Waals surface area contributed by atoms with Gasteiger partial charge in [-0.3, -0.25) is 9.00 Å². The third-order valence-electron chi connectivity index (χ3n) is 4.97. The van der Waals surface area contributed by atoms with Crippen LogP contribution in [0, 0.1) is 0 Å². The molecule has 5 heteroatoms. The number of carbonyl (C=O) groups excluding carboxylic acids is 1. The minimum atomic E-state index is -1.36. The Kier molecular flexibility index (Phi) is 4.64. The maximum atomic E-state index is 12.4. The summed E-state index contributed by atoms with van der Waals surface area (Å²) in [5.74, 6) is -0.337. The second kappa shape index (κ2) is 6.50. The Bertz CT molecular complexity index is 548. The Labute approximate surface area is 134 Å². The van der Waals surface area contributed by atoms with Crippen molar-refractivity contribution in [3.8, 4) is 0 Å². The molecular weight excluding hydrogens is 298 g/mol. The van der Waals surface area contributed by atoms with Crippen molar-refractivity contribution >= 4 is 16.8 Å². The number of piperidine rings is 1. The van der Waals surface area contributed by atoms with E-state index >= 15 is 0 Å². The predicted molar refractivity (Wildman–Crippen MR) is 86.0 cm³/mol. The van der Waals surface area contributed by atoms with Crippen LogP contribution in [0.15, 0.2) is 35.2 Å². The lowest BCUT2D eigenvalue weighted by Crippen LogP contribution is -2.44. The molecule has 2 saturated heterocycles. The van der Waals surface area contributed by atoms with E-state index in [0.717, 1.165) is 12.8 Å². The second-order valence-electron chi connectivity index (χ2n) is 6.33. The summed E-state index contributed by atoms with van der Waals surface area (Å²) >= 11 is 0. The number of esters is 1. The van der Waals surface area contributed by atoms with Gasteiger partial charge in [0.05, 0.1) is 10.8 Å². The fraction of sp³-hybridized carbons (Fsp3) is 0.588. The lowest BCUT2D eigenvalue weighted by atomic mass is 10.0. The molecule has 1 aromatic rings. The first kappa shape index (κ1) is 15.7. The van der Waals surface area contributed by atoms with Crippen molar-refractivity contribution in [2.75, 3.05) is 7.05 Å². The molecule has 4 nitrogen and oxygen atoms in total. The van der Waals surface area contributed by atoms with E-state index in [2.05, 4.69) is 11.9 Å². The lowest BCUT2D eigenvalue weighted by Gasteiger charge is -2.36. The molecule has 0 spiro atoms. The second-order valence-corrected chi connectivity index (χ2v) is 8.11. The summed E-state index contributed by atoms with van der Waals surface area (Å²) in [5, 5.41) is -0.625. The summed E-state index contributed by atoms with van der Waals surface area (Å²) in [6.07, 6.45) is 4.19. The predicted octanol–water partition coefficient (Wildman–Crippen LogP) is 2.35. The van der Waals surface area contributed by atoms with Crippen LogP contribution < -0.4 is 0 Å². The van der Waals surface area contributed by atoms with Gasteiger partial charge in [0.25, 0.3) is 0 Å². The molecular formula is C17H23NO3S. The fourth-order valence-corrected chi connectivity index (χ4v) is 4.63. The van der Waals surface area contributed by atoms with Crippen LogP contribution in [0.3, 0.4) is 0 Å². The molecule has 0 aliphatic carbocycles. The zero-order valence-electron chi connectivity index (χ0n) is 13.1. The van der Waals surface area contributed by atoms with E-state index in [4.69, 9.17) is 4.74 Å². The number of benzene rings is 1. The van der Waals surface area contributed by atoms with Gasteiger partial charge in [-0.05, 0) is 51.8 Å². The van der Waals surface area contributed by atoms with Gasteiger partial charge in [-0.25, -0.2) is 0 Å². The van der Waals surface area contributed by atoms with E-state index < -0.39 is 16.0 Å². The maximum absolute atomic E-state index is 12.4. The minimum Gasteiger partial charge on any atom is -0.461 e. The molecule has 0 amide bonds. The third kappa shape index (κ3) is 3.10. The van der Waals surface area contributed by atoms with Gasteiger partial charge in [0.2, 0.25) is 0 Å². The van der Waals surface area contributed by atoms with Crippen molar-refractivity contribution in [2.45, 2.75) is 60.9 Å². The van der Waals surface area contributed by atoms with E-state index in [0.29, 0.717) is 17.0 Å². The summed E-state index contributed by atoms with van der Waals surface area (Å²) in [7, 11) is 0.804. The monoisotopic (exact) mass is 321 g/mol. The maximum Gasteiger partial charge on any atom is 0.322 e. The molecule has 0 aromatic heterocycles. The average molecular weight is 321 g/mol. The number of carbonyl (C=O) groups is 1. The standard InChI is InChI=1S/C17H23NO3S/c1-12(22(20)16-6-4-3-5-7-16)17(19)21-15-10-13-8-9-14(11-15)18(13)2/h3-7,12-15H,8-11H2,1-2H3/t12?,13-,14+,15?,22?. The van der Waals surface area contributed by atoms with Crippen molar-refractivity contribution in [3.05, 3.63) is 30.3 Å². The smallest absolute Gasteiger partial charge is 0.322 e. The van der Waals surface area contributed by atoms with Gasteiger partial charge < -0.3 is 9.64 Å². The van der Waals surface area contributed by atoms with E-state index in [-0.39, 0.29) is 12.1 Å². The van der Waals surface area contributed by atoms with Gasteiger partial charge >= 0.3 is 5.97 Å². The molecule has 120 valence electrons. The van der Waals surface area contributed by atoms with Crippen LogP contribution in [0.2, 0.25) is 0 Å². The number of nitrogens with zero attached hydrogens (tertiary/aromatic N) is 1. The molecule has 2 aliphatic rings. The van der Waals surface area contributed by atoms with Crippen LogP contribution in [-0.2, 0) is 20.3 Å². The van der Waals surface area contributed by atoms with Crippen molar-refractivity contribution in [1.29, 1.82) is 0 Å². The van der Waals surface area contributed by atoms with Crippen LogP contribution in [0.4, 0.5) is 0 Å². The van der Waals surface area contributed by atoms with Gasteiger partial charge in [0.1, 0.15) is 11.4 Å². The summed E-state index contributed by atoms with van der Waals surface area (Å²) < 4.78 is 18.1. The quantitative estimate of drug-likeness (QED) is 0.799. The van der Waals surface area contributed by atoms with Crippen molar-refractivity contribution < 1.29 is 13.7 Å². The summed E-state index contributed by atoms with van der Waals surface area (Å²) in [5.41, 5.74) is 0. The molecule has 3 unspecified atom stereocenters. The molecule has 2 heterocycles. The van der Waals surface area contributed by atoms with E-state index in [1.807, 2.05) is 18.2 Å². The molecule has 22 heavy (non-hydrogen) atoms. The molecule has 0 radical (unpaired) electrons. The summed E-state index contributed by atoms with van der Waals surface area (Å²) in [4.78, 5) is 15.4. The molecule has 1 aromatic carbocycles. The highest BCUT2D eigenvalue weighted by Gasteiger charge is 2.40. The fourth-order valence-electron chi connectivity index (χ4n) is 3.56. The Morgan fingerprint density at radius 1 is 1.23 bits per heavy atom. The SMILES string of the molecule is CC(C(=O)OC1C[C@H]2CC[C@@H](C1)N2C)S(=O)c1ccccc1. The molecule has 2 bridgehead atoms. The van der Waals surface area contributed by atoms with E-state index in [1.165, 1.54) is 12.8 Å². The average Bonchev–Trinajstić information content (AvgIpc) is 2.76. The van der Waals surface area contributed by atoms with Gasteiger partial charge in [-0.15, -0.1) is 0 Å². The Balaban J connectivity index is 1.59. The van der Waals surface area contributed by atoms with Gasteiger partial charge in [0.15, 0.2) is 0 Å². The topological polar surface area (TPSA) is 46.6 Å². The van der Waals surface area contributed by atoms with Gasteiger partial charge in [-0.1, -0.05) is 18.2 Å². The van der Waals surface area contributed by atoms with E-state index in [1.54, 1.807) is 19.1 Å². The third-order valence-corrected chi connectivity index (χ3v) is 6.54. The Morgan fingerprint density at radius 2 is 1.82 bits per heavy atom. The number of ether oxygens (including phenoxy) is 1. The van der Waals surface area contributed by atoms with Crippen molar-refractivity contribution in [1.82, 2.24) is 4.90 Å². The first-order chi connectivity index (χ1) is 10.6. The van der Waals surface area contributed by atoms with Crippen LogP contribution >= 0.6 is 0 Å². The highest BCUT2D eigenvalue weighted by Crippen LogP contribution is 2.35. The molecule has 0 saturated carbocycles. The van der Waals surface area contributed by atoms with Crippen LogP contribution in [-0.4, -0.2) is 45.6 Å². The zero-order chi connectivity index (χ0) is 15.7. The highest BCUT2D eigenvalue weighted by atomic mass is 32.2. The number of fused-ring (bicyclic) bond motifs is 2. The molecule has 2 fully saturated rings. The first-order valence-corrected chi connectivity index (χ1v) is 9.15. The highest BCUT2D eigenvalue weighted by molar-refractivity contribution is 7.86. The van der Waals surface area contributed by atoms with Crippen LogP contribution in [0.1, 0.15) is 32.6 Å². The van der Waals surface area contributed by atoms with Gasteiger partial charge in [0, 0.05) is 17.0 Å². The van der Waals surface area contributed by atoms with Crippen molar-refractivity contribution in [3.63, 3.8) is 0 Å². The number of rotatable bonds is 4. The Hall–Kier alpha value is -1.20. The summed E-state index contributed by atoms with van der Waals surface area (Å²) in [6.45, 7) is 1.69.